The Balaban J connectivity index is 2.26. The van der Waals surface area contributed by atoms with Gasteiger partial charge in [0.2, 0.25) is 10.0 Å². The lowest BCUT2D eigenvalue weighted by molar-refractivity contribution is -0.0932. The van der Waals surface area contributed by atoms with Gasteiger partial charge >= 0.3 is 0 Å². The summed E-state index contributed by atoms with van der Waals surface area (Å²) in [5.74, 6) is -0.622. The molecule has 19 heavy (non-hydrogen) atoms. The Morgan fingerprint density at radius 2 is 2.00 bits per heavy atom. The topological polar surface area (TPSA) is 83.6 Å². The van der Waals surface area contributed by atoms with Crippen LogP contribution in [0.15, 0.2) is 23.1 Å². The lowest BCUT2D eigenvalue weighted by atomic mass is 9.85. The SMILES string of the molecule is CC(C)C1(O)CN(S(=O)(=O)c2ccc(F)cc2N)C1. The summed E-state index contributed by atoms with van der Waals surface area (Å²) in [4.78, 5) is -0.125. The van der Waals surface area contributed by atoms with Crippen LogP contribution in [0.25, 0.3) is 0 Å². The summed E-state index contributed by atoms with van der Waals surface area (Å²) in [5.41, 5.74) is 4.42. The predicted molar refractivity (Wildman–Crippen MR) is 69.4 cm³/mol. The lowest BCUT2D eigenvalue weighted by Gasteiger charge is -2.47. The fraction of sp³-hybridized carbons (Fsp3) is 0.500. The molecule has 0 aliphatic carbocycles. The summed E-state index contributed by atoms with van der Waals surface area (Å²) in [7, 11) is -3.77. The van der Waals surface area contributed by atoms with Crippen molar-refractivity contribution in [1.82, 2.24) is 4.31 Å². The standard InChI is InChI=1S/C12H17FN2O3S/c1-8(2)12(16)6-15(7-12)19(17,18)11-4-3-9(13)5-10(11)14/h3-5,8,16H,6-7,14H2,1-2H3. The van der Waals surface area contributed by atoms with E-state index in [1.807, 2.05) is 13.8 Å². The van der Waals surface area contributed by atoms with Crippen LogP contribution in [0.4, 0.5) is 10.1 Å². The Kier molecular flexibility index (Phi) is 3.32. The van der Waals surface area contributed by atoms with Gasteiger partial charge in [-0.1, -0.05) is 13.8 Å². The van der Waals surface area contributed by atoms with Gasteiger partial charge < -0.3 is 10.8 Å². The molecule has 1 aliphatic heterocycles. The average Bonchev–Trinajstić information content (AvgIpc) is 2.23. The van der Waals surface area contributed by atoms with Crippen LogP contribution in [-0.4, -0.2) is 36.5 Å². The molecule has 0 radical (unpaired) electrons. The molecule has 3 N–H and O–H groups in total. The summed E-state index contributed by atoms with van der Waals surface area (Å²) in [6.07, 6.45) is 0. The van der Waals surface area contributed by atoms with E-state index in [9.17, 15) is 17.9 Å². The van der Waals surface area contributed by atoms with Crippen molar-refractivity contribution in [3.8, 4) is 0 Å². The van der Waals surface area contributed by atoms with Crippen molar-refractivity contribution in [2.45, 2.75) is 24.3 Å². The monoisotopic (exact) mass is 288 g/mol. The van der Waals surface area contributed by atoms with E-state index in [1.165, 1.54) is 0 Å². The van der Waals surface area contributed by atoms with Crippen molar-refractivity contribution >= 4 is 15.7 Å². The first-order chi connectivity index (χ1) is 8.67. The Bertz CT molecular complexity index is 595. The minimum Gasteiger partial charge on any atom is -0.398 e. The van der Waals surface area contributed by atoms with Gasteiger partial charge in [-0.3, -0.25) is 0 Å². The molecule has 0 unspecified atom stereocenters. The third-order valence-corrected chi connectivity index (χ3v) is 5.43. The van der Waals surface area contributed by atoms with E-state index in [0.717, 1.165) is 22.5 Å². The highest BCUT2D eigenvalue weighted by Crippen LogP contribution is 2.34. The predicted octanol–water partition coefficient (Wildman–Crippen LogP) is 0.799. The van der Waals surface area contributed by atoms with Gasteiger partial charge in [-0.25, -0.2) is 12.8 Å². The molecule has 106 valence electrons. The van der Waals surface area contributed by atoms with E-state index in [-0.39, 0.29) is 29.6 Å². The van der Waals surface area contributed by atoms with Gasteiger partial charge in [0.05, 0.1) is 11.3 Å². The number of β-amino-alcohol motifs (C(OH)–C–C–N with tert-alkyl or cyclic N) is 1. The fourth-order valence-electron chi connectivity index (χ4n) is 1.99. The van der Waals surface area contributed by atoms with Crippen LogP contribution in [0.3, 0.4) is 0 Å². The van der Waals surface area contributed by atoms with Gasteiger partial charge in [-0.15, -0.1) is 0 Å². The van der Waals surface area contributed by atoms with E-state index in [1.54, 1.807) is 0 Å². The second-order valence-corrected chi connectivity index (χ2v) is 7.12. The summed E-state index contributed by atoms with van der Waals surface area (Å²) in [5, 5.41) is 10.1. The van der Waals surface area contributed by atoms with Crippen molar-refractivity contribution in [2.24, 2.45) is 5.92 Å². The minimum absolute atomic E-state index is 0.0316. The van der Waals surface area contributed by atoms with Crippen LogP contribution in [0.2, 0.25) is 0 Å². The quantitative estimate of drug-likeness (QED) is 0.806. The highest BCUT2D eigenvalue weighted by molar-refractivity contribution is 7.89. The van der Waals surface area contributed by atoms with Crippen LogP contribution in [0, 0.1) is 11.7 Å². The number of nitrogen functional groups attached to an aromatic ring is 1. The number of sulfonamides is 1. The number of anilines is 1. The fourth-order valence-corrected chi connectivity index (χ4v) is 3.65. The molecule has 2 rings (SSSR count). The molecule has 1 heterocycles. The molecule has 1 aromatic carbocycles. The molecule has 0 atom stereocenters. The highest BCUT2D eigenvalue weighted by atomic mass is 32.2. The molecule has 5 nitrogen and oxygen atoms in total. The average molecular weight is 288 g/mol. The number of hydrogen-bond donors (Lipinski definition) is 2. The molecular formula is C12H17FN2O3S. The number of nitrogens with two attached hydrogens (primary N) is 1. The number of nitrogens with zero attached hydrogens (tertiary/aromatic N) is 1. The molecule has 0 aromatic heterocycles. The van der Waals surface area contributed by atoms with E-state index in [2.05, 4.69) is 0 Å². The Morgan fingerprint density at radius 1 is 1.42 bits per heavy atom. The van der Waals surface area contributed by atoms with Gasteiger partial charge in [0.1, 0.15) is 10.7 Å². The highest BCUT2D eigenvalue weighted by Gasteiger charge is 2.49. The van der Waals surface area contributed by atoms with Crippen molar-refractivity contribution in [1.29, 1.82) is 0 Å². The second-order valence-electron chi connectivity index (χ2n) is 5.21. The van der Waals surface area contributed by atoms with Crippen molar-refractivity contribution in [2.75, 3.05) is 18.8 Å². The Morgan fingerprint density at radius 3 is 2.47 bits per heavy atom. The largest absolute Gasteiger partial charge is 0.398 e. The maximum atomic E-state index is 12.9. The summed E-state index contributed by atoms with van der Waals surface area (Å²) in [6, 6.07) is 3.17. The van der Waals surface area contributed by atoms with Crippen LogP contribution >= 0.6 is 0 Å². The van der Waals surface area contributed by atoms with Gasteiger partial charge in [0.25, 0.3) is 0 Å². The smallest absolute Gasteiger partial charge is 0.245 e. The number of aliphatic hydroxyl groups is 1. The van der Waals surface area contributed by atoms with Gasteiger partial charge in [-0.05, 0) is 24.1 Å². The van der Waals surface area contributed by atoms with Gasteiger partial charge in [0, 0.05) is 13.1 Å². The maximum absolute atomic E-state index is 12.9. The van der Waals surface area contributed by atoms with E-state index >= 15 is 0 Å². The summed E-state index contributed by atoms with van der Waals surface area (Å²) in [6.45, 7) is 3.72. The lowest BCUT2D eigenvalue weighted by Crippen LogP contribution is -2.65. The normalized spacial score (nSPS) is 19.4. The number of halogens is 1. The molecule has 1 aliphatic rings. The molecule has 0 saturated carbocycles. The van der Waals surface area contributed by atoms with Crippen molar-refractivity contribution < 1.29 is 17.9 Å². The number of benzene rings is 1. The van der Waals surface area contributed by atoms with Crippen LogP contribution in [0.1, 0.15) is 13.8 Å². The van der Waals surface area contributed by atoms with Gasteiger partial charge in [0.15, 0.2) is 0 Å². The number of hydrogen-bond acceptors (Lipinski definition) is 4. The zero-order valence-electron chi connectivity index (χ0n) is 10.8. The van der Waals surface area contributed by atoms with Crippen molar-refractivity contribution in [3.05, 3.63) is 24.0 Å². The minimum atomic E-state index is -3.77. The molecular weight excluding hydrogens is 271 g/mol. The molecule has 1 aromatic rings. The van der Waals surface area contributed by atoms with E-state index < -0.39 is 21.4 Å². The van der Waals surface area contributed by atoms with Gasteiger partial charge in [-0.2, -0.15) is 4.31 Å². The van der Waals surface area contributed by atoms with E-state index in [4.69, 9.17) is 5.73 Å². The molecule has 1 saturated heterocycles. The second kappa shape index (κ2) is 4.43. The first-order valence-electron chi connectivity index (χ1n) is 5.94. The molecule has 1 fully saturated rings. The first-order valence-corrected chi connectivity index (χ1v) is 7.38. The molecule has 0 spiro atoms. The zero-order chi connectivity index (χ0) is 14.4. The molecule has 0 amide bonds. The Hall–Kier alpha value is -1.18. The summed E-state index contributed by atoms with van der Waals surface area (Å²) >= 11 is 0. The van der Waals surface area contributed by atoms with E-state index in [0.29, 0.717) is 0 Å². The first kappa shape index (κ1) is 14.2. The Labute approximate surface area is 111 Å². The van der Waals surface area contributed by atoms with Crippen molar-refractivity contribution in [3.63, 3.8) is 0 Å². The zero-order valence-corrected chi connectivity index (χ0v) is 11.6. The third-order valence-electron chi connectivity index (χ3n) is 3.56. The maximum Gasteiger partial charge on any atom is 0.245 e. The molecule has 0 bridgehead atoms. The third kappa shape index (κ3) is 2.33. The molecule has 7 heteroatoms. The van der Waals surface area contributed by atoms with Crippen LogP contribution in [-0.2, 0) is 10.0 Å². The van der Waals surface area contributed by atoms with Crippen LogP contribution in [0.5, 0.6) is 0 Å². The van der Waals surface area contributed by atoms with Crippen LogP contribution < -0.4 is 5.73 Å². The number of rotatable bonds is 3. The summed E-state index contributed by atoms with van der Waals surface area (Å²) < 4.78 is 38.6.